The highest BCUT2D eigenvalue weighted by molar-refractivity contribution is 5.45. The Morgan fingerprint density at radius 2 is 1.59 bits per heavy atom. The molecule has 0 radical (unpaired) electrons. The molecule has 2 N–H and O–H groups in total. The third-order valence-corrected chi connectivity index (χ3v) is 2.11. The van der Waals surface area contributed by atoms with Gasteiger partial charge in [-0.25, -0.2) is 0 Å². The molecule has 6 nitrogen and oxygen atoms in total. The number of anilines is 3. The van der Waals surface area contributed by atoms with Crippen LogP contribution in [0.15, 0.2) is 12.8 Å². The molecule has 0 amide bonds. The monoisotopic (exact) mass is 236 g/mol. The van der Waals surface area contributed by atoms with Gasteiger partial charge in [0, 0.05) is 19.6 Å². The van der Waals surface area contributed by atoms with Crippen molar-refractivity contribution < 1.29 is 0 Å². The Balaban J connectivity index is 3.05. The summed E-state index contributed by atoms with van der Waals surface area (Å²) in [5, 5.41) is 6.17. The quantitative estimate of drug-likeness (QED) is 0.751. The number of nitrogens with zero attached hydrogens (tertiary/aromatic N) is 4. The molecule has 0 saturated heterocycles. The van der Waals surface area contributed by atoms with Crippen LogP contribution in [0.25, 0.3) is 0 Å². The molecule has 1 heterocycles. The minimum absolute atomic E-state index is 0.578. The largest absolute Gasteiger partial charge is 0.354 e. The van der Waals surface area contributed by atoms with Gasteiger partial charge in [0.15, 0.2) is 0 Å². The van der Waals surface area contributed by atoms with Crippen molar-refractivity contribution in [1.29, 1.82) is 0 Å². The molecule has 1 aromatic rings. The summed E-state index contributed by atoms with van der Waals surface area (Å²) in [6, 6.07) is 0. The van der Waals surface area contributed by atoms with Crippen LogP contribution in [0, 0.1) is 0 Å². The lowest BCUT2D eigenvalue weighted by molar-refractivity contribution is 0.910. The molecular weight excluding hydrogens is 216 g/mol. The van der Waals surface area contributed by atoms with Gasteiger partial charge in [-0.3, -0.25) is 0 Å². The second kappa shape index (κ2) is 6.67. The van der Waals surface area contributed by atoms with E-state index in [2.05, 4.69) is 32.2 Å². The Hall–Kier alpha value is -1.85. The minimum atomic E-state index is 0.578. The van der Waals surface area contributed by atoms with Gasteiger partial charge in [-0.2, -0.15) is 15.0 Å². The predicted molar refractivity (Wildman–Crippen MR) is 71.4 cm³/mol. The predicted octanol–water partition coefficient (Wildman–Crippen LogP) is 1.70. The van der Waals surface area contributed by atoms with E-state index in [1.807, 2.05) is 25.7 Å². The molecule has 6 heteroatoms. The molecule has 0 aromatic carbocycles. The maximum atomic E-state index is 4.33. The van der Waals surface area contributed by atoms with Crippen LogP contribution in [0.3, 0.4) is 0 Å². The van der Waals surface area contributed by atoms with Crippen molar-refractivity contribution in [2.24, 2.45) is 0 Å². The Bertz CT molecular complexity index is 341. The third kappa shape index (κ3) is 3.58. The Morgan fingerprint density at radius 1 is 1.06 bits per heavy atom. The van der Waals surface area contributed by atoms with Crippen molar-refractivity contribution in [3.63, 3.8) is 0 Å². The summed E-state index contributed by atoms with van der Waals surface area (Å²) in [5.41, 5.74) is 0. The molecule has 0 spiro atoms. The van der Waals surface area contributed by atoms with Gasteiger partial charge in [0.05, 0.1) is 0 Å². The molecule has 0 unspecified atom stereocenters. The van der Waals surface area contributed by atoms with Gasteiger partial charge in [-0.05, 0) is 27.0 Å². The Labute approximate surface area is 102 Å². The Morgan fingerprint density at radius 3 is 1.94 bits per heavy atom. The van der Waals surface area contributed by atoms with E-state index in [0.717, 1.165) is 19.6 Å². The highest BCUT2D eigenvalue weighted by Crippen LogP contribution is 2.13. The minimum Gasteiger partial charge on any atom is -0.354 e. The summed E-state index contributed by atoms with van der Waals surface area (Å²) in [5.74, 6) is 1.76. The van der Waals surface area contributed by atoms with Crippen molar-refractivity contribution in [1.82, 2.24) is 15.0 Å². The number of rotatable bonds is 7. The van der Waals surface area contributed by atoms with Gasteiger partial charge in [0.1, 0.15) is 0 Å². The summed E-state index contributed by atoms with van der Waals surface area (Å²) in [6.07, 6.45) is 1.71. The molecule has 94 valence electrons. The van der Waals surface area contributed by atoms with Crippen molar-refractivity contribution in [2.75, 3.05) is 35.2 Å². The maximum Gasteiger partial charge on any atom is 0.236 e. The third-order valence-electron chi connectivity index (χ3n) is 2.11. The van der Waals surface area contributed by atoms with Crippen molar-refractivity contribution in [2.45, 2.75) is 20.8 Å². The van der Waals surface area contributed by atoms with Gasteiger partial charge in [0.25, 0.3) is 0 Å². The molecule has 0 aliphatic heterocycles. The first-order valence-electron chi connectivity index (χ1n) is 5.88. The van der Waals surface area contributed by atoms with Crippen molar-refractivity contribution >= 4 is 17.8 Å². The molecule has 0 aliphatic carbocycles. The fourth-order valence-electron chi connectivity index (χ4n) is 1.32. The van der Waals surface area contributed by atoms with E-state index in [0.29, 0.717) is 17.8 Å². The summed E-state index contributed by atoms with van der Waals surface area (Å²) >= 11 is 0. The molecule has 1 aromatic heterocycles. The van der Waals surface area contributed by atoms with E-state index in [1.165, 1.54) is 0 Å². The zero-order valence-electron chi connectivity index (χ0n) is 10.7. The van der Waals surface area contributed by atoms with Crippen LogP contribution in [0.1, 0.15) is 20.8 Å². The molecule has 1 rings (SSSR count). The number of aromatic nitrogens is 3. The lowest BCUT2D eigenvalue weighted by atomic mass is 10.6. The zero-order chi connectivity index (χ0) is 12.7. The van der Waals surface area contributed by atoms with Gasteiger partial charge in [-0.15, -0.1) is 0 Å². The number of hydrogen-bond donors (Lipinski definition) is 2. The summed E-state index contributed by atoms with van der Waals surface area (Å²) in [4.78, 5) is 14.8. The van der Waals surface area contributed by atoms with Gasteiger partial charge < -0.3 is 15.5 Å². The van der Waals surface area contributed by atoms with E-state index in [9.17, 15) is 0 Å². The first-order valence-corrected chi connectivity index (χ1v) is 5.88. The highest BCUT2D eigenvalue weighted by Gasteiger charge is 2.09. The molecule has 0 aliphatic rings. The fraction of sp³-hybridized carbons (Fsp3) is 0.545. The second-order valence-corrected chi connectivity index (χ2v) is 3.31. The van der Waals surface area contributed by atoms with Crippen molar-refractivity contribution in [3.8, 4) is 0 Å². The average molecular weight is 236 g/mol. The van der Waals surface area contributed by atoms with Crippen LogP contribution in [0.2, 0.25) is 0 Å². The lowest BCUT2D eigenvalue weighted by Crippen LogP contribution is -2.20. The fourth-order valence-corrected chi connectivity index (χ4v) is 1.32. The van der Waals surface area contributed by atoms with E-state index in [-0.39, 0.29) is 0 Å². The van der Waals surface area contributed by atoms with E-state index < -0.39 is 0 Å². The normalized spacial score (nSPS) is 9.82. The van der Waals surface area contributed by atoms with E-state index >= 15 is 0 Å². The molecule has 0 bridgehead atoms. The van der Waals surface area contributed by atoms with Gasteiger partial charge >= 0.3 is 0 Å². The smallest absolute Gasteiger partial charge is 0.236 e. The van der Waals surface area contributed by atoms with Crippen LogP contribution in [0.5, 0.6) is 0 Å². The Kier molecular flexibility index (Phi) is 5.19. The lowest BCUT2D eigenvalue weighted by Gasteiger charge is -2.16. The highest BCUT2D eigenvalue weighted by atomic mass is 15.3. The molecule has 0 saturated carbocycles. The molecule has 17 heavy (non-hydrogen) atoms. The van der Waals surface area contributed by atoms with Crippen LogP contribution in [-0.2, 0) is 0 Å². The average Bonchev–Trinajstić information content (AvgIpc) is 2.31. The van der Waals surface area contributed by atoms with Gasteiger partial charge in [-0.1, -0.05) is 6.58 Å². The van der Waals surface area contributed by atoms with E-state index in [1.54, 1.807) is 6.20 Å². The van der Waals surface area contributed by atoms with Crippen LogP contribution >= 0.6 is 0 Å². The van der Waals surface area contributed by atoms with Crippen molar-refractivity contribution in [3.05, 3.63) is 12.8 Å². The van der Waals surface area contributed by atoms with Crippen LogP contribution < -0.4 is 15.5 Å². The number of nitrogens with one attached hydrogen (secondary N) is 2. The summed E-state index contributed by atoms with van der Waals surface area (Å²) < 4.78 is 0. The summed E-state index contributed by atoms with van der Waals surface area (Å²) in [7, 11) is 0. The first-order chi connectivity index (χ1) is 8.24. The topological polar surface area (TPSA) is 66.0 Å². The van der Waals surface area contributed by atoms with Crippen LogP contribution in [0.4, 0.5) is 17.8 Å². The second-order valence-electron chi connectivity index (χ2n) is 3.31. The molecular formula is C11H20N6. The standard InChI is InChI=1S/C11H20N6/c1-5-12-9-14-10(13-6-2)16-11(15-9)17(7-3)8-4/h7H,3,5-6,8H2,1-2,4H3,(H2,12,13,14,15,16). The first kappa shape index (κ1) is 13.2. The van der Waals surface area contributed by atoms with Crippen LogP contribution in [-0.4, -0.2) is 34.6 Å². The SMILES string of the molecule is C=CN(CC)c1nc(NCC)nc(NCC)n1. The summed E-state index contributed by atoms with van der Waals surface area (Å²) in [6.45, 7) is 12.1. The van der Waals surface area contributed by atoms with Gasteiger partial charge in [0.2, 0.25) is 17.8 Å². The number of hydrogen-bond acceptors (Lipinski definition) is 6. The van der Waals surface area contributed by atoms with E-state index in [4.69, 9.17) is 0 Å². The maximum absolute atomic E-state index is 4.33. The molecule has 0 fully saturated rings. The molecule has 0 atom stereocenters. The zero-order valence-corrected chi connectivity index (χ0v) is 10.7.